The predicted octanol–water partition coefficient (Wildman–Crippen LogP) is 3.09. The molecule has 19 heavy (non-hydrogen) atoms. The van der Waals surface area contributed by atoms with Crippen LogP contribution in [0, 0.1) is 0 Å². The van der Waals surface area contributed by atoms with Gasteiger partial charge in [0, 0.05) is 4.47 Å². The molecule has 0 atom stereocenters. The van der Waals surface area contributed by atoms with Gasteiger partial charge in [0.25, 0.3) is 5.91 Å². The Hall–Kier alpha value is -0.990. The Morgan fingerprint density at radius 3 is 2.68 bits per heavy atom. The Labute approximate surface area is 119 Å². The van der Waals surface area contributed by atoms with E-state index in [1.165, 1.54) is 6.07 Å². The average molecular weight is 363 g/mol. The molecule has 0 saturated carbocycles. The summed E-state index contributed by atoms with van der Waals surface area (Å²) >= 11 is 8.99. The monoisotopic (exact) mass is 361 g/mol. The molecular formula is C10H8BrClF3NO3. The maximum Gasteiger partial charge on any atom is 0.414 e. The maximum absolute atomic E-state index is 11.7. The van der Waals surface area contributed by atoms with Crippen molar-refractivity contribution in [2.75, 3.05) is 13.2 Å². The van der Waals surface area contributed by atoms with Gasteiger partial charge in [0.05, 0.1) is 5.02 Å². The van der Waals surface area contributed by atoms with Crippen molar-refractivity contribution in [1.82, 2.24) is 5.48 Å². The molecule has 1 aromatic carbocycles. The molecule has 0 bridgehead atoms. The fourth-order valence-corrected chi connectivity index (χ4v) is 1.69. The van der Waals surface area contributed by atoms with Crippen LogP contribution in [-0.2, 0) is 9.63 Å². The van der Waals surface area contributed by atoms with Gasteiger partial charge in [0.1, 0.15) is 5.75 Å². The van der Waals surface area contributed by atoms with Gasteiger partial charge in [0.2, 0.25) is 0 Å². The van der Waals surface area contributed by atoms with Crippen molar-refractivity contribution in [2.24, 2.45) is 0 Å². The van der Waals surface area contributed by atoms with Crippen LogP contribution in [0.25, 0.3) is 0 Å². The SMILES string of the molecule is O=C(COc1ccc(Br)cc1Cl)NOCC(F)(F)F. The lowest BCUT2D eigenvalue weighted by Gasteiger charge is -2.10. The van der Waals surface area contributed by atoms with Gasteiger partial charge in [-0.05, 0) is 18.2 Å². The Morgan fingerprint density at radius 1 is 1.42 bits per heavy atom. The van der Waals surface area contributed by atoms with Gasteiger partial charge < -0.3 is 4.74 Å². The summed E-state index contributed by atoms with van der Waals surface area (Å²) in [7, 11) is 0. The van der Waals surface area contributed by atoms with E-state index < -0.39 is 25.3 Å². The standard InChI is InChI=1S/C10H8BrClF3NO3/c11-6-1-2-8(7(12)3-6)18-4-9(17)16-19-5-10(13,14)15/h1-3H,4-5H2,(H,16,17). The molecule has 106 valence electrons. The summed E-state index contributed by atoms with van der Waals surface area (Å²) in [5, 5.41) is 0.262. The first-order chi connectivity index (χ1) is 8.78. The quantitative estimate of drug-likeness (QED) is 0.819. The van der Waals surface area contributed by atoms with Crippen molar-refractivity contribution >= 4 is 33.4 Å². The Kier molecular flexibility index (Phi) is 5.89. The molecule has 4 nitrogen and oxygen atoms in total. The number of halogens is 5. The summed E-state index contributed by atoms with van der Waals surface area (Å²) in [6, 6.07) is 4.70. The number of amides is 1. The summed E-state index contributed by atoms with van der Waals surface area (Å²) in [5.74, 6) is -0.626. The van der Waals surface area contributed by atoms with Crippen LogP contribution in [0.1, 0.15) is 0 Å². The highest BCUT2D eigenvalue weighted by molar-refractivity contribution is 9.10. The largest absolute Gasteiger partial charge is 0.482 e. The van der Waals surface area contributed by atoms with Crippen molar-refractivity contribution in [3.8, 4) is 5.75 Å². The molecular weight excluding hydrogens is 354 g/mol. The number of hydrogen-bond acceptors (Lipinski definition) is 3. The van der Waals surface area contributed by atoms with E-state index >= 15 is 0 Å². The predicted molar refractivity (Wildman–Crippen MR) is 64.8 cm³/mol. The number of hydrogen-bond donors (Lipinski definition) is 1. The van der Waals surface area contributed by atoms with E-state index in [0.717, 1.165) is 4.47 Å². The van der Waals surface area contributed by atoms with Crippen LogP contribution in [-0.4, -0.2) is 25.3 Å². The number of nitrogens with one attached hydrogen (secondary N) is 1. The zero-order valence-electron chi connectivity index (χ0n) is 9.26. The first-order valence-electron chi connectivity index (χ1n) is 4.83. The number of carbonyl (C=O) groups is 1. The summed E-state index contributed by atoms with van der Waals surface area (Å²) < 4.78 is 40.9. The Morgan fingerprint density at radius 2 is 2.11 bits per heavy atom. The highest BCUT2D eigenvalue weighted by Gasteiger charge is 2.28. The highest BCUT2D eigenvalue weighted by Crippen LogP contribution is 2.27. The van der Waals surface area contributed by atoms with Gasteiger partial charge in [-0.25, -0.2) is 5.48 Å². The van der Waals surface area contributed by atoms with E-state index in [0.29, 0.717) is 0 Å². The van der Waals surface area contributed by atoms with Gasteiger partial charge in [-0.2, -0.15) is 13.2 Å². The van der Waals surface area contributed by atoms with Crippen molar-refractivity contribution in [3.05, 3.63) is 27.7 Å². The third-order valence-corrected chi connectivity index (χ3v) is 2.46. The molecule has 0 unspecified atom stereocenters. The highest BCUT2D eigenvalue weighted by atomic mass is 79.9. The molecule has 9 heteroatoms. The molecule has 0 fully saturated rings. The van der Waals surface area contributed by atoms with E-state index in [1.807, 2.05) is 0 Å². The fourth-order valence-electron chi connectivity index (χ4n) is 0.963. The second-order valence-corrected chi connectivity index (χ2v) is 4.62. The Balaban J connectivity index is 2.34. The molecule has 0 aliphatic heterocycles. The summed E-state index contributed by atoms with van der Waals surface area (Å²) in [4.78, 5) is 15.1. The second-order valence-electron chi connectivity index (χ2n) is 3.29. The zero-order valence-corrected chi connectivity index (χ0v) is 11.6. The summed E-state index contributed by atoms with van der Waals surface area (Å²) in [6.45, 7) is -2.09. The van der Waals surface area contributed by atoms with Crippen LogP contribution in [0.4, 0.5) is 13.2 Å². The number of rotatable bonds is 5. The summed E-state index contributed by atoms with van der Waals surface area (Å²) in [6.07, 6.45) is -4.51. The molecule has 0 aliphatic rings. The van der Waals surface area contributed by atoms with E-state index in [1.54, 1.807) is 17.6 Å². The summed E-state index contributed by atoms with van der Waals surface area (Å²) in [5.41, 5.74) is 1.60. The van der Waals surface area contributed by atoms with Crippen LogP contribution in [0.2, 0.25) is 5.02 Å². The smallest absolute Gasteiger partial charge is 0.414 e. The molecule has 0 spiro atoms. The number of carbonyl (C=O) groups excluding carboxylic acids is 1. The second kappa shape index (κ2) is 6.97. The van der Waals surface area contributed by atoms with E-state index in [2.05, 4.69) is 20.8 Å². The topological polar surface area (TPSA) is 47.6 Å². The minimum absolute atomic E-state index is 0.232. The molecule has 1 amide bonds. The van der Waals surface area contributed by atoms with Crippen molar-refractivity contribution in [2.45, 2.75) is 6.18 Å². The number of benzene rings is 1. The maximum atomic E-state index is 11.7. The van der Waals surface area contributed by atoms with E-state index in [-0.39, 0.29) is 10.8 Å². The molecule has 0 saturated heterocycles. The lowest BCUT2D eigenvalue weighted by Crippen LogP contribution is -2.32. The minimum atomic E-state index is -4.51. The number of hydroxylamine groups is 1. The third-order valence-electron chi connectivity index (χ3n) is 1.67. The van der Waals surface area contributed by atoms with E-state index in [9.17, 15) is 18.0 Å². The lowest BCUT2D eigenvalue weighted by atomic mass is 10.3. The zero-order chi connectivity index (χ0) is 14.5. The normalized spacial score (nSPS) is 11.2. The molecule has 0 aromatic heterocycles. The molecule has 0 aliphatic carbocycles. The van der Waals surface area contributed by atoms with Gasteiger partial charge in [-0.1, -0.05) is 27.5 Å². The van der Waals surface area contributed by atoms with Gasteiger partial charge in [0.15, 0.2) is 13.2 Å². The van der Waals surface area contributed by atoms with Crippen molar-refractivity contribution < 1.29 is 27.5 Å². The Bertz CT molecular complexity index is 456. The first-order valence-corrected chi connectivity index (χ1v) is 6.00. The van der Waals surface area contributed by atoms with Crippen LogP contribution >= 0.6 is 27.5 Å². The van der Waals surface area contributed by atoms with Gasteiger partial charge in [-0.3, -0.25) is 9.63 Å². The van der Waals surface area contributed by atoms with Crippen molar-refractivity contribution in [1.29, 1.82) is 0 Å². The van der Waals surface area contributed by atoms with Crippen LogP contribution in [0.5, 0.6) is 5.75 Å². The lowest BCUT2D eigenvalue weighted by molar-refractivity contribution is -0.192. The number of ether oxygens (including phenoxy) is 1. The van der Waals surface area contributed by atoms with E-state index in [4.69, 9.17) is 16.3 Å². The molecule has 1 aromatic rings. The van der Waals surface area contributed by atoms with Crippen LogP contribution < -0.4 is 10.2 Å². The van der Waals surface area contributed by atoms with Gasteiger partial charge >= 0.3 is 6.18 Å². The van der Waals surface area contributed by atoms with Crippen LogP contribution in [0.15, 0.2) is 22.7 Å². The van der Waals surface area contributed by atoms with Gasteiger partial charge in [-0.15, -0.1) is 0 Å². The average Bonchev–Trinajstić information content (AvgIpc) is 2.26. The number of alkyl halides is 3. The molecule has 1 N–H and O–H groups in total. The van der Waals surface area contributed by atoms with Crippen LogP contribution in [0.3, 0.4) is 0 Å². The minimum Gasteiger partial charge on any atom is -0.482 e. The molecule has 1 rings (SSSR count). The first kappa shape index (κ1) is 16.1. The third kappa shape index (κ3) is 6.65. The fraction of sp³-hybridized carbons (Fsp3) is 0.300. The molecule has 0 radical (unpaired) electrons. The molecule has 0 heterocycles. The van der Waals surface area contributed by atoms with Crippen molar-refractivity contribution in [3.63, 3.8) is 0 Å².